The van der Waals surface area contributed by atoms with E-state index in [1.165, 1.54) is 22.3 Å². The van der Waals surface area contributed by atoms with Gasteiger partial charge in [0.15, 0.2) is 0 Å². The van der Waals surface area contributed by atoms with E-state index in [9.17, 15) is 4.79 Å². The normalized spacial score (nSPS) is 29.3. The Kier molecular flexibility index (Phi) is 5.42. The molecule has 3 N–H and O–H groups in total. The molecule has 1 amide bonds. The number of aryl methyl sites for hydroxylation is 1. The molecule has 2 saturated heterocycles. The molecular formula is C25H30N4O. The predicted molar refractivity (Wildman–Crippen MR) is 119 cm³/mol. The summed E-state index contributed by atoms with van der Waals surface area (Å²) < 4.78 is 0. The van der Waals surface area contributed by atoms with Crippen molar-refractivity contribution in [1.82, 2.24) is 20.9 Å². The number of carbonyl (C=O) groups excluding carboxylic acids is 1. The van der Waals surface area contributed by atoms with Gasteiger partial charge in [-0.25, -0.2) is 0 Å². The zero-order valence-electron chi connectivity index (χ0n) is 17.5. The van der Waals surface area contributed by atoms with Gasteiger partial charge < -0.3 is 10.6 Å². The molecule has 3 aliphatic rings. The Balaban J connectivity index is 1.28. The molecule has 3 heterocycles. The highest BCUT2D eigenvalue weighted by molar-refractivity contribution is 5.81. The van der Waals surface area contributed by atoms with Crippen LogP contribution < -0.4 is 16.0 Å². The van der Waals surface area contributed by atoms with E-state index < -0.39 is 0 Å². The maximum atomic E-state index is 13.1. The molecule has 2 aromatic rings. The minimum Gasteiger partial charge on any atom is -0.328 e. The first-order valence-corrected chi connectivity index (χ1v) is 11.0. The summed E-state index contributed by atoms with van der Waals surface area (Å²) in [7, 11) is 0. The van der Waals surface area contributed by atoms with Crippen LogP contribution in [0.2, 0.25) is 0 Å². The van der Waals surface area contributed by atoms with Crippen LogP contribution in [0.25, 0.3) is 6.08 Å². The smallest absolute Gasteiger partial charge is 0.228 e. The van der Waals surface area contributed by atoms with Crippen molar-refractivity contribution in [2.24, 2.45) is 11.8 Å². The molecule has 0 saturated carbocycles. The summed E-state index contributed by atoms with van der Waals surface area (Å²) in [5, 5.41) is 10.5. The highest BCUT2D eigenvalue weighted by Crippen LogP contribution is 2.29. The van der Waals surface area contributed by atoms with Gasteiger partial charge in [0.2, 0.25) is 5.91 Å². The molecule has 30 heavy (non-hydrogen) atoms. The first-order chi connectivity index (χ1) is 14.7. The fraction of sp³-hybridized carbons (Fsp3) is 0.400. The highest BCUT2D eigenvalue weighted by atomic mass is 16.2. The van der Waals surface area contributed by atoms with Crippen molar-refractivity contribution in [3.05, 3.63) is 76.9 Å². The van der Waals surface area contributed by atoms with Crippen LogP contribution in [-0.4, -0.2) is 36.4 Å². The molecule has 2 aromatic carbocycles. The Hall–Kier alpha value is -2.47. The SMILES string of the molecule is Cc1ccc(/C=C/C2CCNC3NC(N4CCc5ccccc5C4)NC(=O)C23)cc1. The lowest BCUT2D eigenvalue weighted by molar-refractivity contribution is -0.136. The van der Waals surface area contributed by atoms with Gasteiger partial charge >= 0.3 is 0 Å². The first-order valence-electron chi connectivity index (χ1n) is 11.0. The largest absolute Gasteiger partial charge is 0.328 e. The van der Waals surface area contributed by atoms with E-state index in [4.69, 9.17) is 0 Å². The van der Waals surface area contributed by atoms with Gasteiger partial charge in [0.1, 0.15) is 6.29 Å². The lowest BCUT2D eigenvalue weighted by Gasteiger charge is -2.47. The Bertz CT molecular complexity index is 938. The number of allylic oxidation sites excluding steroid dienone is 1. The monoisotopic (exact) mass is 402 g/mol. The number of hydrogen-bond donors (Lipinski definition) is 3. The van der Waals surface area contributed by atoms with Gasteiger partial charge in [-0.1, -0.05) is 66.2 Å². The second-order valence-corrected chi connectivity index (χ2v) is 8.75. The van der Waals surface area contributed by atoms with E-state index in [2.05, 4.69) is 88.5 Å². The average Bonchev–Trinajstić information content (AvgIpc) is 2.78. The van der Waals surface area contributed by atoms with Crippen LogP contribution in [0.4, 0.5) is 0 Å². The summed E-state index contributed by atoms with van der Waals surface area (Å²) in [5.41, 5.74) is 5.23. The summed E-state index contributed by atoms with van der Waals surface area (Å²) in [5.74, 6) is 0.287. The number of fused-ring (bicyclic) bond motifs is 2. The summed E-state index contributed by atoms with van der Waals surface area (Å²) in [4.78, 5) is 15.5. The van der Waals surface area contributed by atoms with Crippen LogP contribution in [0.5, 0.6) is 0 Å². The van der Waals surface area contributed by atoms with Gasteiger partial charge in [-0.2, -0.15) is 0 Å². The highest BCUT2D eigenvalue weighted by Gasteiger charge is 2.43. The number of nitrogens with one attached hydrogen (secondary N) is 3. The van der Waals surface area contributed by atoms with E-state index in [1.54, 1.807) is 0 Å². The zero-order valence-corrected chi connectivity index (χ0v) is 17.5. The topological polar surface area (TPSA) is 56.4 Å². The second-order valence-electron chi connectivity index (χ2n) is 8.75. The number of amides is 1. The molecule has 4 unspecified atom stereocenters. The van der Waals surface area contributed by atoms with E-state index >= 15 is 0 Å². The summed E-state index contributed by atoms with van der Waals surface area (Å²) in [6.45, 7) is 4.82. The second kappa shape index (κ2) is 8.34. The lowest BCUT2D eigenvalue weighted by atomic mass is 9.81. The summed E-state index contributed by atoms with van der Waals surface area (Å²) in [6, 6.07) is 17.1. The van der Waals surface area contributed by atoms with Gasteiger partial charge in [-0.05, 0) is 48.9 Å². The Morgan fingerprint density at radius 1 is 1.07 bits per heavy atom. The third-order valence-corrected chi connectivity index (χ3v) is 6.72. The number of carbonyl (C=O) groups is 1. The Labute approximate surface area is 178 Å². The van der Waals surface area contributed by atoms with Crippen LogP contribution in [-0.2, 0) is 17.8 Å². The van der Waals surface area contributed by atoms with Crippen LogP contribution >= 0.6 is 0 Å². The molecule has 0 spiro atoms. The fourth-order valence-electron chi connectivity index (χ4n) is 4.97. The zero-order chi connectivity index (χ0) is 20.5. The molecule has 5 nitrogen and oxygen atoms in total. The van der Waals surface area contributed by atoms with Gasteiger partial charge in [0.25, 0.3) is 0 Å². The third-order valence-electron chi connectivity index (χ3n) is 6.72. The molecule has 3 aliphatic heterocycles. The molecule has 2 fully saturated rings. The minimum absolute atomic E-state index is 0.00216. The van der Waals surface area contributed by atoms with Crippen molar-refractivity contribution in [3.63, 3.8) is 0 Å². The maximum Gasteiger partial charge on any atom is 0.228 e. The Morgan fingerprint density at radius 3 is 2.70 bits per heavy atom. The average molecular weight is 403 g/mol. The number of rotatable bonds is 3. The fourth-order valence-corrected chi connectivity index (χ4v) is 4.97. The van der Waals surface area contributed by atoms with Crippen molar-refractivity contribution >= 4 is 12.0 Å². The molecule has 0 aromatic heterocycles. The van der Waals surface area contributed by atoms with Crippen molar-refractivity contribution in [2.75, 3.05) is 13.1 Å². The van der Waals surface area contributed by atoms with Gasteiger partial charge in [0.05, 0.1) is 12.1 Å². The lowest BCUT2D eigenvalue weighted by Crippen LogP contribution is -2.72. The van der Waals surface area contributed by atoms with Gasteiger partial charge in [-0.15, -0.1) is 0 Å². The molecule has 4 atom stereocenters. The molecule has 0 radical (unpaired) electrons. The molecule has 5 heteroatoms. The van der Waals surface area contributed by atoms with Crippen molar-refractivity contribution in [2.45, 2.75) is 38.8 Å². The van der Waals surface area contributed by atoms with Crippen LogP contribution in [0.15, 0.2) is 54.6 Å². The van der Waals surface area contributed by atoms with E-state index in [-0.39, 0.29) is 30.2 Å². The van der Waals surface area contributed by atoms with Gasteiger partial charge in [-0.3, -0.25) is 15.0 Å². The van der Waals surface area contributed by atoms with Crippen LogP contribution in [0.3, 0.4) is 0 Å². The van der Waals surface area contributed by atoms with Gasteiger partial charge in [0, 0.05) is 13.1 Å². The van der Waals surface area contributed by atoms with Crippen molar-refractivity contribution in [1.29, 1.82) is 0 Å². The molecule has 0 bridgehead atoms. The Morgan fingerprint density at radius 2 is 1.87 bits per heavy atom. The number of benzene rings is 2. The summed E-state index contributed by atoms with van der Waals surface area (Å²) >= 11 is 0. The van der Waals surface area contributed by atoms with E-state index in [0.29, 0.717) is 0 Å². The number of hydrogen-bond acceptors (Lipinski definition) is 4. The number of piperidine rings is 1. The standard InChI is InChI=1S/C25H30N4O/c1-17-6-8-18(9-7-17)10-11-20-12-14-26-23-22(20)24(30)28-25(27-23)29-15-13-19-4-2-3-5-21(19)16-29/h2-11,20,22-23,25-27H,12-16H2,1H3,(H,28,30)/b11-10+. The van der Waals surface area contributed by atoms with E-state index in [1.807, 2.05) is 0 Å². The predicted octanol–water partition coefficient (Wildman–Crippen LogP) is 2.62. The molecular weight excluding hydrogens is 372 g/mol. The van der Waals surface area contributed by atoms with Crippen molar-refractivity contribution in [3.8, 4) is 0 Å². The number of nitrogens with zero attached hydrogens (tertiary/aromatic N) is 1. The molecule has 5 rings (SSSR count). The minimum atomic E-state index is -0.126. The van der Waals surface area contributed by atoms with Crippen LogP contribution in [0, 0.1) is 18.8 Å². The third kappa shape index (κ3) is 3.93. The molecule has 156 valence electrons. The molecule has 0 aliphatic carbocycles. The van der Waals surface area contributed by atoms with Crippen LogP contribution in [0.1, 0.15) is 28.7 Å². The summed E-state index contributed by atoms with van der Waals surface area (Å²) in [6.07, 6.45) is 6.25. The van der Waals surface area contributed by atoms with E-state index in [0.717, 1.165) is 32.5 Å². The van der Waals surface area contributed by atoms with Crippen molar-refractivity contribution < 1.29 is 4.79 Å². The quantitative estimate of drug-likeness (QED) is 0.739. The maximum absolute atomic E-state index is 13.1. The first kappa shape index (κ1) is 19.5.